The summed E-state index contributed by atoms with van der Waals surface area (Å²) >= 11 is 0. The number of amides is 1. The standard InChI is InChI=1S/C17H18N2O/c1-13-6-8-14(9-7-13)16-5-3-11-19(16)17(20)15-4-2-10-18-12-15/h2,4,6-10,12,16H,3,5,11H2,1H3. The molecule has 3 heteroatoms. The normalized spacial score (nSPS) is 18.2. The summed E-state index contributed by atoms with van der Waals surface area (Å²) in [5.74, 6) is 0.0844. The summed E-state index contributed by atoms with van der Waals surface area (Å²) in [6.07, 6.45) is 5.44. The van der Waals surface area contributed by atoms with E-state index < -0.39 is 0 Å². The van der Waals surface area contributed by atoms with Crippen molar-refractivity contribution < 1.29 is 4.79 Å². The number of aromatic nitrogens is 1. The fourth-order valence-corrected chi connectivity index (χ4v) is 2.80. The lowest BCUT2D eigenvalue weighted by atomic mass is 10.0. The van der Waals surface area contributed by atoms with Gasteiger partial charge in [-0.15, -0.1) is 0 Å². The van der Waals surface area contributed by atoms with Crippen LogP contribution in [0.25, 0.3) is 0 Å². The second kappa shape index (κ2) is 5.45. The van der Waals surface area contributed by atoms with Gasteiger partial charge in [0, 0.05) is 18.9 Å². The van der Waals surface area contributed by atoms with Gasteiger partial charge in [0.1, 0.15) is 0 Å². The number of carbonyl (C=O) groups excluding carboxylic acids is 1. The van der Waals surface area contributed by atoms with E-state index in [9.17, 15) is 4.79 Å². The van der Waals surface area contributed by atoms with E-state index in [4.69, 9.17) is 0 Å². The molecule has 1 unspecified atom stereocenters. The zero-order valence-electron chi connectivity index (χ0n) is 11.6. The van der Waals surface area contributed by atoms with Gasteiger partial charge in [0.15, 0.2) is 0 Å². The van der Waals surface area contributed by atoms with Crippen molar-refractivity contribution >= 4 is 5.91 Å². The summed E-state index contributed by atoms with van der Waals surface area (Å²) in [5, 5.41) is 0. The molecule has 1 amide bonds. The van der Waals surface area contributed by atoms with Crippen molar-refractivity contribution in [3.05, 3.63) is 65.5 Å². The molecule has 0 radical (unpaired) electrons. The van der Waals surface area contributed by atoms with Crippen molar-refractivity contribution in [2.75, 3.05) is 6.54 Å². The Hall–Kier alpha value is -2.16. The molecule has 1 aliphatic heterocycles. The highest BCUT2D eigenvalue weighted by atomic mass is 16.2. The van der Waals surface area contributed by atoms with Gasteiger partial charge in [0.05, 0.1) is 11.6 Å². The minimum Gasteiger partial charge on any atom is -0.332 e. The monoisotopic (exact) mass is 266 g/mol. The predicted octanol–water partition coefficient (Wildman–Crippen LogP) is 3.37. The van der Waals surface area contributed by atoms with Gasteiger partial charge in [-0.25, -0.2) is 0 Å². The Morgan fingerprint density at radius 2 is 2.05 bits per heavy atom. The van der Waals surface area contributed by atoms with Crippen molar-refractivity contribution in [1.82, 2.24) is 9.88 Å². The molecule has 1 fully saturated rings. The van der Waals surface area contributed by atoms with Crippen LogP contribution >= 0.6 is 0 Å². The molecule has 0 spiro atoms. The maximum Gasteiger partial charge on any atom is 0.255 e. The topological polar surface area (TPSA) is 33.2 Å². The van der Waals surface area contributed by atoms with Crippen molar-refractivity contribution in [1.29, 1.82) is 0 Å². The third kappa shape index (κ3) is 2.44. The summed E-state index contributed by atoms with van der Waals surface area (Å²) in [4.78, 5) is 18.6. The first-order valence-electron chi connectivity index (χ1n) is 7.03. The number of likely N-dealkylation sites (tertiary alicyclic amines) is 1. The zero-order valence-corrected chi connectivity index (χ0v) is 11.6. The second-order valence-corrected chi connectivity index (χ2v) is 5.31. The average molecular weight is 266 g/mol. The van der Waals surface area contributed by atoms with Crippen LogP contribution in [0.1, 0.15) is 40.4 Å². The molecule has 0 aliphatic carbocycles. The van der Waals surface area contributed by atoms with Gasteiger partial charge in [-0.1, -0.05) is 29.8 Å². The fourth-order valence-electron chi connectivity index (χ4n) is 2.80. The van der Waals surface area contributed by atoms with E-state index in [-0.39, 0.29) is 11.9 Å². The highest BCUT2D eigenvalue weighted by molar-refractivity contribution is 5.94. The number of carbonyl (C=O) groups is 1. The SMILES string of the molecule is Cc1ccc(C2CCCN2C(=O)c2cccnc2)cc1. The van der Waals surface area contributed by atoms with Gasteiger partial charge >= 0.3 is 0 Å². The van der Waals surface area contributed by atoms with E-state index in [1.807, 2.05) is 17.0 Å². The third-order valence-electron chi connectivity index (χ3n) is 3.88. The lowest BCUT2D eigenvalue weighted by molar-refractivity contribution is 0.0735. The predicted molar refractivity (Wildman–Crippen MR) is 78.4 cm³/mol. The maximum absolute atomic E-state index is 12.6. The minimum absolute atomic E-state index is 0.0844. The molecule has 2 heterocycles. The minimum atomic E-state index is 0.0844. The summed E-state index contributed by atoms with van der Waals surface area (Å²) in [6, 6.07) is 12.3. The van der Waals surface area contributed by atoms with E-state index in [1.54, 1.807) is 12.4 Å². The van der Waals surface area contributed by atoms with Gasteiger partial charge in [0.25, 0.3) is 5.91 Å². The molecule has 1 saturated heterocycles. The highest BCUT2D eigenvalue weighted by Gasteiger charge is 2.30. The molecular weight excluding hydrogens is 248 g/mol. The summed E-state index contributed by atoms with van der Waals surface area (Å²) in [7, 11) is 0. The van der Waals surface area contributed by atoms with E-state index in [0.717, 1.165) is 19.4 Å². The lowest BCUT2D eigenvalue weighted by Crippen LogP contribution is -2.30. The molecule has 1 aromatic carbocycles. The van der Waals surface area contributed by atoms with Crippen LogP contribution in [0, 0.1) is 6.92 Å². The molecule has 2 aromatic rings. The van der Waals surface area contributed by atoms with E-state index in [0.29, 0.717) is 5.56 Å². The first-order chi connectivity index (χ1) is 9.75. The Bertz CT molecular complexity index is 592. The first-order valence-corrected chi connectivity index (χ1v) is 7.03. The molecule has 1 atom stereocenters. The van der Waals surface area contributed by atoms with Crippen LogP contribution in [0.15, 0.2) is 48.8 Å². The van der Waals surface area contributed by atoms with E-state index in [1.165, 1.54) is 11.1 Å². The summed E-state index contributed by atoms with van der Waals surface area (Å²) < 4.78 is 0. The molecule has 1 aromatic heterocycles. The van der Waals surface area contributed by atoms with Crippen molar-refractivity contribution in [2.24, 2.45) is 0 Å². The van der Waals surface area contributed by atoms with Crippen LogP contribution in [-0.2, 0) is 0 Å². The quantitative estimate of drug-likeness (QED) is 0.835. The van der Waals surface area contributed by atoms with Gasteiger partial charge in [0.2, 0.25) is 0 Å². The molecule has 102 valence electrons. The number of rotatable bonds is 2. The average Bonchev–Trinajstić information content (AvgIpc) is 2.97. The van der Waals surface area contributed by atoms with E-state index in [2.05, 4.69) is 36.2 Å². The molecule has 3 rings (SSSR count). The van der Waals surface area contributed by atoms with Crippen LogP contribution < -0.4 is 0 Å². The van der Waals surface area contributed by atoms with Crippen LogP contribution in [0.5, 0.6) is 0 Å². The maximum atomic E-state index is 12.6. The van der Waals surface area contributed by atoms with Gasteiger partial charge in [-0.2, -0.15) is 0 Å². The fraction of sp³-hybridized carbons (Fsp3) is 0.294. The summed E-state index contributed by atoms with van der Waals surface area (Å²) in [6.45, 7) is 2.91. The molecule has 3 nitrogen and oxygen atoms in total. The Balaban J connectivity index is 1.86. The molecule has 0 saturated carbocycles. The third-order valence-corrected chi connectivity index (χ3v) is 3.88. The smallest absolute Gasteiger partial charge is 0.255 e. The number of hydrogen-bond donors (Lipinski definition) is 0. The Labute approximate surface area is 119 Å². The molecule has 20 heavy (non-hydrogen) atoms. The van der Waals surface area contributed by atoms with Crippen LogP contribution in [0.4, 0.5) is 0 Å². The van der Waals surface area contributed by atoms with E-state index >= 15 is 0 Å². The van der Waals surface area contributed by atoms with Crippen LogP contribution in [0.2, 0.25) is 0 Å². The van der Waals surface area contributed by atoms with Gasteiger partial charge < -0.3 is 4.90 Å². The van der Waals surface area contributed by atoms with Crippen molar-refractivity contribution in [3.8, 4) is 0 Å². The van der Waals surface area contributed by atoms with Crippen LogP contribution in [0.3, 0.4) is 0 Å². The molecular formula is C17H18N2O. The Kier molecular flexibility index (Phi) is 3.50. The van der Waals surface area contributed by atoms with Crippen molar-refractivity contribution in [2.45, 2.75) is 25.8 Å². The highest BCUT2D eigenvalue weighted by Crippen LogP contribution is 2.33. The number of benzene rings is 1. The zero-order chi connectivity index (χ0) is 13.9. The second-order valence-electron chi connectivity index (χ2n) is 5.31. The molecule has 1 aliphatic rings. The largest absolute Gasteiger partial charge is 0.332 e. The van der Waals surface area contributed by atoms with Crippen LogP contribution in [-0.4, -0.2) is 22.3 Å². The number of nitrogens with zero attached hydrogens (tertiary/aromatic N) is 2. The van der Waals surface area contributed by atoms with Crippen molar-refractivity contribution in [3.63, 3.8) is 0 Å². The number of hydrogen-bond acceptors (Lipinski definition) is 2. The Morgan fingerprint density at radius 3 is 2.75 bits per heavy atom. The first kappa shape index (κ1) is 12.9. The molecule has 0 N–H and O–H groups in total. The number of pyridine rings is 1. The van der Waals surface area contributed by atoms with Gasteiger partial charge in [-0.05, 0) is 37.5 Å². The summed E-state index contributed by atoms with van der Waals surface area (Å²) in [5.41, 5.74) is 3.15. The Morgan fingerprint density at radius 1 is 1.25 bits per heavy atom. The lowest BCUT2D eigenvalue weighted by Gasteiger charge is -2.25. The molecule has 0 bridgehead atoms. The number of aryl methyl sites for hydroxylation is 1. The van der Waals surface area contributed by atoms with Gasteiger partial charge in [-0.3, -0.25) is 9.78 Å².